The molecule has 1 saturated heterocycles. The van der Waals surface area contributed by atoms with Gasteiger partial charge in [0.2, 0.25) is 5.95 Å². The zero-order chi connectivity index (χ0) is 18.8. The van der Waals surface area contributed by atoms with Gasteiger partial charge in [-0.15, -0.1) is 0 Å². The summed E-state index contributed by atoms with van der Waals surface area (Å²) in [5, 5.41) is 3.57. The van der Waals surface area contributed by atoms with E-state index in [9.17, 15) is 4.79 Å². The number of nitrogens with one attached hydrogen (secondary N) is 1. The molecule has 1 aliphatic heterocycles. The number of aryl methyl sites for hydroxylation is 1. The van der Waals surface area contributed by atoms with Gasteiger partial charge in [-0.2, -0.15) is 0 Å². The fourth-order valence-electron chi connectivity index (χ4n) is 3.43. The van der Waals surface area contributed by atoms with E-state index in [2.05, 4.69) is 46.4 Å². The molecule has 138 valence electrons. The molecule has 1 N–H and O–H groups in total. The zero-order valence-corrected chi connectivity index (χ0v) is 15.6. The predicted molar refractivity (Wildman–Crippen MR) is 107 cm³/mol. The normalized spacial score (nSPS) is 17.1. The maximum Gasteiger partial charge on any atom is 0.255 e. The number of hydrogen-bond acceptors (Lipinski definition) is 5. The molecule has 3 heterocycles. The Labute approximate surface area is 158 Å². The van der Waals surface area contributed by atoms with E-state index >= 15 is 0 Å². The van der Waals surface area contributed by atoms with Gasteiger partial charge in [0.1, 0.15) is 0 Å². The summed E-state index contributed by atoms with van der Waals surface area (Å²) in [7, 11) is 1.78. The summed E-state index contributed by atoms with van der Waals surface area (Å²) in [6, 6.07) is 14.1. The van der Waals surface area contributed by atoms with Crippen LogP contribution in [0.3, 0.4) is 0 Å². The number of benzene rings is 1. The average Bonchev–Trinajstić information content (AvgIpc) is 2.71. The lowest BCUT2D eigenvalue weighted by atomic mass is 10.0. The average molecular weight is 361 g/mol. The Hall–Kier alpha value is -2.99. The molecule has 1 aromatic carbocycles. The standard InChI is InChI=1S/C21H23N5O/c1-15-3-5-16(6-4-15)19-14-26(12-11-23-19)21-24-18(13-20(27)25(21)2)17-7-9-22-10-8-17/h3-10,13,19,23H,11-12,14H2,1-2H3. The molecule has 0 aliphatic carbocycles. The zero-order valence-electron chi connectivity index (χ0n) is 15.6. The Morgan fingerprint density at radius 2 is 1.85 bits per heavy atom. The van der Waals surface area contributed by atoms with Crippen molar-refractivity contribution in [1.82, 2.24) is 19.9 Å². The summed E-state index contributed by atoms with van der Waals surface area (Å²) in [5.74, 6) is 0.702. The van der Waals surface area contributed by atoms with E-state index in [1.54, 1.807) is 30.1 Å². The molecular weight excluding hydrogens is 338 g/mol. The highest BCUT2D eigenvalue weighted by Gasteiger charge is 2.24. The number of anilines is 1. The lowest BCUT2D eigenvalue weighted by molar-refractivity contribution is 0.462. The van der Waals surface area contributed by atoms with Crippen LogP contribution in [0.2, 0.25) is 0 Å². The van der Waals surface area contributed by atoms with Crippen molar-refractivity contribution < 1.29 is 0 Å². The van der Waals surface area contributed by atoms with E-state index in [0.29, 0.717) is 11.6 Å². The van der Waals surface area contributed by atoms with E-state index < -0.39 is 0 Å². The van der Waals surface area contributed by atoms with Crippen molar-refractivity contribution in [3.63, 3.8) is 0 Å². The lowest BCUT2D eigenvalue weighted by Crippen LogP contribution is -2.47. The van der Waals surface area contributed by atoms with Crippen molar-refractivity contribution in [3.05, 3.63) is 76.3 Å². The minimum Gasteiger partial charge on any atom is -0.339 e. The molecule has 4 rings (SSSR count). The molecule has 0 bridgehead atoms. The molecule has 2 aromatic heterocycles. The number of piperazine rings is 1. The van der Waals surface area contributed by atoms with Crippen molar-refractivity contribution in [2.45, 2.75) is 13.0 Å². The number of nitrogens with zero attached hydrogens (tertiary/aromatic N) is 4. The van der Waals surface area contributed by atoms with E-state index in [1.807, 2.05) is 12.1 Å². The number of aromatic nitrogens is 3. The van der Waals surface area contributed by atoms with Crippen molar-refractivity contribution in [3.8, 4) is 11.3 Å². The first kappa shape index (κ1) is 17.4. The van der Waals surface area contributed by atoms with Crippen molar-refractivity contribution in [1.29, 1.82) is 0 Å². The molecule has 6 heteroatoms. The van der Waals surface area contributed by atoms with Gasteiger partial charge in [0, 0.05) is 56.7 Å². The second-order valence-electron chi connectivity index (χ2n) is 6.94. The van der Waals surface area contributed by atoms with E-state index in [1.165, 1.54) is 11.1 Å². The largest absolute Gasteiger partial charge is 0.339 e. The first-order chi connectivity index (χ1) is 13.1. The maximum absolute atomic E-state index is 12.5. The molecule has 0 saturated carbocycles. The summed E-state index contributed by atoms with van der Waals surface area (Å²) in [6.45, 7) is 4.51. The van der Waals surface area contributed by atoms with Crippen LogP contribution in [-0.4, -0.2) is 34.2 Å². The SMILES string of the molecule is Cc1ccc(C2CN(c3nc(-c4ccncc4)cc(=O)n3C)CCN2)cc1. The Kier molecular flexibility index (Phi) is 4.73. The first-order valence-corrected chi connectivity index (χ1v) is 9.15. The van der Waals surface area contributed by atoms with Crippen LogP contribution >= 0.6 is 0 Å². The second kappa shape index (κ2) is 7.32. The Morgan fingerprint density at radius 3 is 2.59 bits per heavy atom. The van der Waals surface area contributed by atoms with Crippen molar-refractivity contribution >= 4 is 5.95 Å². The number of hydrogen-bond donors (Lipinski definition) is 1. The van der Waals surface area contributed by atoms with Crippen molar-refractivity contribution in [2.24, 2.45) is 7.05 Å². The fourth-order valence-corrected chi connectivity index (χ4v) is 3.43. The van der Waals surface area contributed by atoms with Crippen LogP contribution < -0.4 is 15.8 Å². The molecule has 1 aliphatic rings. The van der Waals surface area contributed by atoms with Crippen LogP contribution in [-0.2, 0) is 7.05 Å². The van der Waals surface area contributed by atoms with Gasteiger partial charge < -0.3 is 10.2 Å². The van der Waals surface area contributed by atoms with E-state index in [4.69, 9.17) is 4.98 Å². The quantitative estimate of drug-likeness (QED) is 0.776. The highest BCUT2D eigenvalue weighted by Crippen LogP contribution is 2.23. The molecule has 1 fully saturated rings. The third kappa shape index (κ3) is 3.61. The van der Waals surface area contributed by atoms with Gasteiger partial charge in [-0.25, -0.2) is 4.98 Å². The summed E-state index contributed by atoms with van der Waals surface area (Å²) >= 11 is 0. The van der Waals surface area contributed by atoms with Gasteiger partial charge in [0.05, 0.1) is 5.69 Å². The first-order valence-electron chi connectivity index (χ1n) is 9.15. The highest BCUT2D eigenvalue weighted by molar-refractivity contribution is 5.59. The minimum absolute atomic E-state index is 0.0581. The summed E-state index contributed by atoms with van der Waals surface area (Å²) in [5.41, 5.74) is 4.02. The fraction of sp³-hybridized carbons (Fsp3) is 0.286. The van der Waals surface area contributed by atoms with Gasteiger partial charge >= 0.3 is 0 Å². The topological polar surface area (TPSA) is 63.1 Å². The van der Waals surface area contributed by atoms with Gasteiger partial charge in [-0.05, 0) is 24.6 Å². The Morgan fingerprint density at radius 1 is 1.11 bits per heavy atom. The Balaban J connectivity index is 1.67. The highest BCUT2D eigenvalue weighted by atomic mass is 16.1. The number of pyridine rings is 1. The van der Waals surface area contributed by atoms with Crippen LogP contribution in [0.25, 0.3) is 11.3 Å². The van der Waals surface area contributed by atoms with E-state index in [-0.39, 0.29) is 11.6 Å². The second-order valence-corrected chi connectivity index (χ2v) is 6.94. The summed E-state index contributed by atoms with van der Waals surface area (Å²) in [4.78, 5) is 23.6. The van der Waals surface area contributed by atoms with Crippen LogP contribution in [0.5, 0.6) is 0 Å². The molecule has 1 atom stereocenters. The molecule has 3 aromatic rings. The van der Waals surface area contributed by atoms with E-state index in [0.717, 1.165) is 25.2 Å². The number of rotatable bonds is 3. The van der Waals surface area contributed by atoms with Crippen molar-refractivity contribution in [2.75, 3.05) is 24.5 Å². The third-order valence-corrected chi connectivity index (χ3v) is 5.03. The lowest BCUT2D eigenvalue weighted by Gasteiger charge is -2.35. The minimum atomic E-state index is -0.0581. The molecule has 1 unspecified atom stereocenters. The van der Waals surface area contributed by atoms with Crippen LogP contribution in [0.1, 0.15) is 17.2 Å². The molecule has 0 spiro atoms. The maximum atomic E-state index is 12.5. The Bertz CT molecular complexity index is 982. The molecule has 6 nitrogen and oxygen atoms in total. The van der Waals surface area contributed by atoms with Gasteiger partial charge in [0.25, 0.3) is 5.56 Å². The van der Waals surface area contributed by atoms with Crippen LogP contribution in [0, 0.1) is 6.92 Å². The van der Waals surface area contributed by atoms with Gasteiger partial charge in [-0.3, -0.25) is 14.3 Å². The van der Waals surface area contributed by atoms with Gasteiger partial charge in [-0.1, -0.05) is 29.8 Å². The van der Waals surface area contributed by atoms with Gasteiger partial charge in [0.15, 0.2) is 0 Å². The summed E-state index contributed by atoms with van der Waals surface area (Å²) < 4.78 is 1.63. The molecular formula is C21H23N5O. The predicted octanol–water partition coefficient (Wildman–Crippen LogP) is 2.30. The smallest absolute Gasteiger partial charge is 0.255 e. The molecule has 27 heavy (non-hydrogen) atoms. The third-order valence-electron chi connectivity index (χ3n) is 5.03. The monoisotopic (exact) mass is 361 g/mol. The van der Waals surface area contributed by atoms with Crippen LogP contribution in [0.15, 0.2) is 59.7 Å². The molecule has 0 radical (unpaired) electrons. The van der Waals surface area contributed by atoms with Crippen LogP contribution in [0.4, 0.5) is 5.95 Å². The summed E-state index contributed by atoms with van der Waals surface area (Å²) in [6.07, 6.45) is 3.43. The molecule has 0 amide bonds.